The molecule has 140 valence electrons. The quantitative estimate of drug-likeness (QED) is 0.768. The number of hydrogen-bond donors (Lipinski definition) is 1. The number of halogens is 1. The molecule has 26 heavy (non-hydrogen) atoms. The van der Waals surface area contributed by atoms with Gasteiger partial charge in [0.15, 0.2) is 0 Å². The molecule has 0 bridgehead atoms. The summed E-state index contributed by atoms with van der Waals surface area (Å²) < 4.78 is 38.1. The number of para-hydroxylation sites is 1. The van der Waals surface area contributed by atoms with Gasteiger partial charge in [0, 0.05) is 25.2 Å². The Balaban J connectivity index is 1.92. The fourth-order valence-electron chi connectivity index (χ4n) is 2.50. The Morgan fingerprint density at radius 1 is 1.08 bits per heavy atom. The molecule has 5 nitrogen and oxygen atoms in total. The third kappa shape index (κ3) is 6.24. The summed E-state index contributed by atoms with van der Waals surface area (Å²) in [6, 6.07) is 13.3. The molecule has 0 aliphatic heterocycles. The molecule has 0 radical (unpaired) electrons. The predicted molar refractivity (Wildman–Crippen MR) is 101 cm³/mol. The molecule has 0 atom stereocenters. The van der Waals surface area contributed by atoms with E-state index in [1.807, 2.05) is 25.1 Å². The molecule has 1 amide bonds. The zero-order valence-electron chi connectivity index (χ0n) is 14.9. The van der Waals surface area contributed by atoms with E-state index in [9.17, 15) is 17.6 Å². The molecule has 0 aromatic heterocycles. The number of nitrogens with zero attached hydrogens (tertiary/aromatic N) is 1. The third-order valence-corrected chi connectivity index (χ3v) is 5.34. The van der Waals surface area contributed by atoms with E-state index >= 15 is 0 Å². The molecule has 0 fully saturated rings. The van der Waals surface area contributed by atoms with Gasteiger partial charge >= 0.3 is 0 Å². The molecule has 2 aromatic rings. The summed E-state index contributed by atoms with van der Waals surface area (Å²) in [6.45, 7) is 2.22. The molecule has 0 aliphatic rings. The second-order valence-electron chi connectivity index (χ2n) is 6.15. The van der Waals surface area contributed by atoms with Crippen molar-refractivity contribution in [2.45, 2.75) is 19.8 Å². The Morgan fingerprint density at radius 2 is 1.73 bits per heavy atom. The van der Waals surface area contributed by atoms with E-state index in [1.165, 1.54) is 16.4 Å². The van der Waals surface area contributed by atoms with E-state index < -0.39 is 10.0 Å². The SMILES string of the molecule is Cc1ccccc1NC(=O)CCN(CCc1ccc(F)cc1)S(C)(=O)=O. The first-order chi connectivity index (χ1) is 12.3. The summed E-state index contributed by atoms with van der Waals surface area (Å²) in [4.78, 5) is 12.1. The van der Waals surface area contributed by atoms with Gasteiger partial charge in [-0.05, 0) is 42.7 Å². The van der Waals surface area contributed by atoms with Crippen molar-refractivity contribution in [3.05, 3.63) is 65.5 Å². The summed E-state index contributed by atoms with van der Waals surface area (Å²) >= 11 is 0. The van der Waals surface area contributed by atoms with Crippen molar-refractivity contribution in [3.8, 4) is 0 Å². The van der Waals surface area contributed by atoms with Crippen molar-refractivity contribution in [3.63, 3.8) is 0 Å². The van der Waals surface area contributed by atoms with Gasteiger partial charge in [-0.3, -0.25) is 4.79 Å². The normalized spacial score (nSPS) is 11.5. The van der Waals surface area contributed by atoms with Gasteiger partial charge in [0.2, 0.25) is 15.9 Å². The largest absolute Gasteiger partial charge is 0.326 e. The van der Waals surface area contributed by atoms with E-state index in [-0.39, 0.29) is 31.2 Å². The third-order valence-electron chi connectivity index (χ3n) is 4.04. The summed E-state index contributed by atoms with van der Waals surface area (Å²) in [7, 11) is -3.44. The predicted octanol–water partition coefficient (Wildman–Crippen LogP) is 2.97. The number of benzene rings is 2. The number of aryl methyl sites for hydroxylation is 1. The first kappa shape index (κ1) is 20.1. The van der Waals surface area contributed by atoms with Crippen LogP contribution in [0.3, 0.4) is 0 Å². The second-order valence-corrected chi connectivity index (χ2v) is 8.13. The number of rotatable bonds is 8. The molecule has 1 N–H and O–H groups in total. The lowest BCUT2D eigenvalue weighted by Crippen LogP contribution is -2.34. The summed E-state index contributed by atoms with van der Waals surface area (Å²) in [5, 5.41) is 2.79. The van der Waals surface area contributed by atoms with Crippen molar-refractivity contribution in [2.24, 2.45) is 0 Å². The fourth-order valence-corrected chi connectivity index (χ4v) is 3.35. The highest BCUT2D eigenvalue weighted by atomic mass is 32.2. The van der Waals surface area contributed by atoms with Crippen molar-refractivity contribution in [1.82, 2.24) is 4.31 Å². The average molecular weight is 378 g/mol. The standard InChI is InChI=1S/C19H23FN2O3S/c1-15-5-3-4-6-18(15)21-19(23)12-14-22(26(2,24)25)13-11-16-7-9-17(20)10-8-16/h3-10H,11-14H2,1-2H3,(H,21,23). The second kappa shape index (κ2) is 8.91. The molecule has 0 spiro atoms. The van der Waals surface area contributed by atoms with Crippen LogP contribution in [0.15, 0.2) is 48.5 Å². The summed E-state index contributed by atoms with van der Waals surface area (Å²) in [5.74, 6) is -0.573. The van der Waals surface area contributed by atoms with Gasteiger partial charge in [-0.15, -0.1) is 0 Å². The lowest BCUT2D eigenvalue weighted by atomic mass is 10.1. The van der Waals surface area contributed by atoms with Crippen LogP contribution in [-0.4, -0.2) is 38.0 Å². The van der Waals surface area contributed by atoms with Crippen molar-refractivity contribution in [2.75, 3.05) is 24.7 Å². The zero-order chi connectivity index (χ0) is 19.2. The van der Waals surface area contributed by atoms with Crippen LogP contribution >= 0.6 is 0 Å². The van der Waals surface area contributed by atoms with Crippen LogP contribution in [0.25, 0.3) is 0 Å². The molecule has 0 saturated heterocycles. The van der Waals surface area contributed by atoms with Crippen LogP contribution < -0.4 is 5.32 Å². The minimum atomic E-state index is -3.44. The highest BCUT2D eigenvalue weighted by Crippen LogP contribution is 2.14. The van der Waals surface area contributed by atoms with E-state index in [1.54, 1.807) is 18.2 Å². The number of nitrogens with one attached hydrogen (secondary N) is 1. The highest BCUT2D eigenvalue weighted by Gasteiger charge is 2.18. The number of carbonyl (C=O) groups excluding carboxylic acids is 1. The average Bonchev–Trinajstić information content (AvgIpc) is 2.57. The molecule has 0 saturated carbocycles. The molecule has 0 aliphatic carbocycles. The van der Waals surface area contributed by atoms with Gasteiger partial charge in [-0.25, -0.2) is 17.1 Å². The Kier molecular flexibility index (Phi) is 6.88. The molecule has 2 aromatic carbocycles. The van der Waals surface area contributed by atoms with Crippen LogP contribution in [0.2, 0.25) is 0 Å². The highest BCUT2D eigenvalue weighted by molar-refractivity contribution is 7.88. The van der Waals surface area contributed by atoms with Crippen LogP contribution in [0.4, 0.5) is 10.1 Å². The van der Waals surface area contributed by atoms with E-state index in [0.29, 0.717) is 6.42 Å². The van der Waals surface area contributed by atoms with Gasteiger partial charge in [-0.2, -0.15) is 0 Å². The zero-order valence-corrected chi connectivity index (χ0v) is 15.7. The molecule has 2 rings (SSSR count). The molecule has 7 heteroatoms. The number of carbonyl (C=O) groups is 1. The summed E-state index contributed by atoms with van der Waals surface area (Å²) in [6.07, 6.45) is 1.63. The van der Waals surface area contributed by atoms with Gasteiger partial charge in [0.1, 0.15) is 5.82 Å². The molecule has 0 unspecified atom stereocenters. The van der Waals surface area contributed by atoms with E-state index in [0.717, 1.165) is 23.1 Å². The Bertz CT molecular complexity index is 851. The van der Waals surface area contributed by atoms with Crippen molar-refractivity contribution >= 4 is 21.6 Å². The van der Waals surface area contributed by atoms with Crippen LogP contribution in [0, 0.1) is 12.7 Å². The van der Waals surface area contributed by atoms with Crippen molar-refractivity contribution < 1.29 is 17.6 Å². The summed E-state index contributed by atoms with van der Waals surface area (Å²) in [5.41, 5.74) is 2.50. The lowest BCUT2D eigenvalue weighted by molar-refractivity contribution is -0.116. The number of amides is 1. The molecule has 0 heterocycles. The van der Waals surface area contributed by atoms with Gasteiger partial charge in [0.05, 0.1) is 6.26 Å². The number of sulfonamides is 1. The van der Waals surface area contributed by atoms with Crippen LogP contribution in [0.1, 0.15) is 17.5 Å². The monoisotopic (exact) mass is 378 g/mol. The van der Waals surface area contributed by atoms with Gasteiger partial charge in [0.25, 0.3) is 0 Å². The first-order valence-electron chi connectivity index (χ1n) is 8.31. The minimum Gasteiger partial charge on any atom is -0.326 e. The van der Waals surface area contributed by atoms with Gasteiger partial charge < -0.3 is 5.32 Å². The molecular formula is C19H23FN2O3S. The maximum absolute atomic E-state index is 12.9. The smallest absolute Gasteiger partial charge is 0.225 e. The van der Waals surface area contributed by atoms with Crippen molar-refractivity contribution in [1.29, 1.82) is 0 Å². The Labute approximate surface area is 153 Å². The fraction of sp³-hybridized carbons (Fsp3) is 0.316. The first-order valence-corrected chi connectivity index (χ1v) is 10.2. The minimum absolute atomic E-state index is 0.0603. The maximum Gasteiger partial charge on any atom is 0.225 e. The van der Waals surface area contributed by atoms with Crippen LogP contribution in [0.5, 0.6) is 0 Å². The number of hydrogen-bond acceptors (Lipinski definition) is 3. The Hall–Kier alpha value is -2.25. The molecular weight excluding hydrogens is 355 g/mol. The number of anilines is 1. The topological polar surface area (TPSA) is 66.5 Å². The maximum atomic E-state index is 12.9. The van der Waals surface area contributed by atoms with Gasteiger partial charge in [-0.1, -0.05) is 30.3 Å². The Morgan fingerprint density at radius 3 is 2.35 bits per heavy atom. The van der Waals surface area contributed by atoms with Crippen LogP contribution in [-0.2, 0) is 21.2 Å². The lowest BCUT2D eigenvalue weighted by Gasteiger charge is -2.20. The van der Waals surface area contributed by atoms with E-state index in [2.05, 4.69) is 5.32 Å². The van der Waals surface area contributed by atoms with E-state index in [4.69, 9.17) is 0 Å².